The molecule has 132 valence electrons. The molecule has 0 spiro atoms. The predicted molar refractivity (Wildman–Crippen MR) is 99.2 cm³/mol. The molecule has 1 unspecified atom stereocenters. The number of benzene rings is 2. The number of aromatic nitrogens is 1. The zero-order chi connectivity index (χ0) is 18.2. The van der Waals surface area contributed by atoms with Gasteiger partial charge in [-0.25, -0.2) is 9.18 Å². The average molecular weight is 349 g/mol. The van der Waals surface area contributed by atoms with Gasteiger partial charge in [0, 0.05) is 12.7 Å². The van der Waals surface area contributed by atoms with Crippen molar-refractivity contribution < 1.29 is 9.18 Å². The Hall–Kier alpha value is -3.21. The minimum atomic E-state index is -0.341. The van der Waals surface area contributed by atoms with Gasteiger partial charge in [-0.2, -0.15) is 0 Å². The van der Waals surface area contributed by atoms with Gasteiger partial charge in [-0.1, -0.05) is 48.5 Å². The minimum absolute atomic E-state index is 0.272. The van der Waals surface area contributed by atoms with E-state index in [4.69, 9.17) is 0 Å². The summed E-state index contributed by atoms with van der Waals surface area (Å²) < 4.78 is 13.2. The number of hydrogen-bond acceptors (Lipinski definition) is 2. The lowest BCUT2D eigenvalue weighted by molar-refractivity contribution is 0.238. The molecular weight excluding hydrogens is 329 g/mol. The molecule has 1 atom stereocenters. The van der Waals surface area contributed by atoms with E-state index < -0.39 is 0 Å². The summed E-state index contributed by atoms with van der Waals surface area (Å²) in [5.74, 6) is -0.272. The molecule has 0 aliphatic rings. The quantitative estimate of drug-likeness (QED) is 0.710. The lowest BCUT2D eigenvalue weighted by Crippen LogP contribution is -2.39. The normalized spacial score (nSPS) is 11.6. The van der Waals surface area contributed by atoms with Crippen LogP contribution in [-0.4, -0.2) is 17.6 Å². The average Bonchev–Trinajstić information content (AvgIpc) is 2.67. The number of carbonyl (C=O) groups is 1. The van der Waals surface area contributed by atoms with E-state index in [1.54, 1.807) is 12.3 Å². The van der Waals surface area contributed by atoms with Gasteiger partial charge in [0.2, 0.25) is 0 Å². The van der Waals surface area contributed by atoms with Crippen LogP contribution in [0.5, 0.6) is 0 Å². The van der Waals surface area contributed by atoms with Crippen LogP contribution < -0.4 is 10.6 Å². The summed E-state index contributed by atoms with van der Waals surface area (Å²) >= 11 is 0. The van der Waals surface area contributed by atoms with Gasteiger partial charge in [0.05, 0.1) is 11.7 Å². The molecule has 0 saturated heterocycles. The number of nitrogens with zero attached hydrogens (tertiary/aromatic N) is 1. The van der Waals surface area contributed by atoms with Crippen molar-refractivity contribution in [2.45, 2.75) is 12.5 Å². The second kappa shape index (κ2) is 8.76. The van der Waals surface area contributed by atoms with E-state index in [0.29, 0.717) is 13.0 Å². The number of urea groups is 1. The molecule has 0 aliphatic heterocycles. The highest BCUT2D eigenvalue weighted by molar-refractivity contribution is 5.75. The van der Waals surface area contributed by atoms with E-state index in [1.807, 2.05) is 54.6 Å². The van der Waals surface area contributed by atoms with E-state index in [-0.39, 0.29) is 17.9 Å². The highest BCUT2D eigenvalue weighted by Crippen LogP contribution is 2.19. The van der Waals surface area contributed by atoms with Gasteiger partial charge in [0.25, 0.3) is 0 Å². The van der Waals surface area contributed by atoms with Crippen LogP contribution in [0.2, 0.25) is 0 Å². The van der Waals surface area contributed by atoms with Gasteiger partial charge in [0.15, 0.2) is 0 Å². The van der Waals surface area contributed by atoms with Crippen LogP contribution >= 0.6 is 0 Å². The van der Waals surface area contributed by atoms with Crippen LogP contribution in [0, 0.1) is 5.82 Å². The molecule has 1 aromatic heterocycles. The number of nitrogens with one attached hydrogen (secondary N) is 2. The van der Waals surface area contributed by atoms with E-state index in [1.165, 1.54) is 12.1 Å². The topological polar surface area (TPSA) is 54.0 Å². The van der Waals surface area contributed by atoms with E-state index in [2.05, 4.69) is 15.6 Å². The van der Waals surface area contributed by atoms with Gasteiger partial charge in [-0.15, -0.1) is 0 Å². The van der Waals surface area contributed by atoms with E-state index in [0.717, 1.165) is 16.8 Å². The number of amides is 2. The van der Waals surface area contributed by atoms with Crippen LogP contribution in [0.3, 0.4) is 0 Å². The molecule has 0 saturated carbocycles. The maximum atomic E-state index is 13.2. The van der Waals surface area contributed by atoms with Crippen molar-refractivity contribution in [1.82, 2.24) is 15.6 Å². The smallest absolute Gasteiger partial charge is 0.315 e. The second-order valence-electron chi connectivity index (χ2n) is 5.88. The van der Waals surface area contributed by atoms with Gasteiger partial charge in [-0.3, -0.25) is 4.98 Å². The number of carbonyl (C=O) groups excluding carboxylic acids is 1. The molecule has 1 heterocycles. The first-order valence-corrected chi connectivity index (χ1v) is 8.47. The Morgan fingerprint density at radius 1 is 1.00 bits per heavy atom. The predicted octanol–water partition coefficient (Wildman–Crippen LogP) is 3.85. The van der Waals surface area contributed by atoms with Crippen LogP contribution in [-0.2, 0) is 6.42 Å². The Morgan fingerprint density at radius 3 is 2.54 bits per heavy atom. The zero-order valence-electron chi connectivity index (χ0n) is 14.2. The molecule has 5 heteroatoms. The zero-order valence-corrected chi connectivity index (χ0v) is 14.2. The third-order valence-corrected chi connectivity index (χ3v) is 3.98. The maximum Gasteiger partial charge on any atom is 0.315 e. The Kier molecular flexibility index (Phi) is 5.93. The molecule has 0 fully saturated rings. The number of pyridine rings is 1. The van der Waals surface area contributed by atoms with Crippen molar-refractivity contribution in [3.63, 3.8) is 0 Å². The number of rotatable bonds is 6. The molecular formula is C21H20FN3O. The summed E-state index contributed by atoms with van der Waals surface area (Å²) in [4.78, 5) is 16.7. The molecule has 2 amide bonds. The lowest BCUT2D eigenvalue weighted by Gasteiger charge is -2.19. The third kappa shape index (κ3) is 4.89. The van der Waals surface area contributed by atoms with E-state index in [9.17, 15) is 9.18 Å². The van der Waals surface area contributed by atoms with Crippen molar-refractivity contribution in [3.05, 3.63) is 102 Å². The first kappa shape index (κ1) is 17.6. The first-order valence-electron chi connectivity index (χ1n) is 8.47. The van der Waals surface area contributed by atoms with Gasteiger partial charge in [-0.05, 0) is 41.8 Å². The maximum absolute atomic E-state index is 13.2. The molecule has 0 aliphatic carbocycles. The van der Waals surface area contributed by atoms with Crippen molar-refractivity contribution in [1.29, 1.82) is 0 Å². The van der Waals surface area contributed by atoms with Gasteiger partial charge < -0.3 is 10.6 Å². The molecule has 4 nitrogen and oxygen atoms in total. The van der Waals surface area contributed by atoms with Crippen LogP contribution in [0.4, 0.5) is 9.18 Å². The lowest BCUT2D eigenvalue weighted by atomic mass is 10.0. The summed E-state index contributed by atoms with van der Waals surface area (Å²) in [6.45, 7) is 0.416. The standard InChI is InChI=1S/C21H20FN3O/c22-18-10-6-7-16(15-18)12-14-24-21(26)25-20(17-8-2-1-3-9-17)19-11-4-5-13-23-19/h1-11,13,15,20H,12,14H2,(H2,24,25,26). The van der Waals surface area contributed by atoms with Crippen molar-refractivity contribution in [2.24, 2.45) is 0 Å². The first-order chi connectivity index (χ1) is 12.7. The van der Waals surface area contributed by atoms with Crippen LogP contribution in [0.1, 0.15) is 22.9 Å². The van der Waals surface area contributed by atoms with Crippen molar-refractivity contribution >= 4 is 6.03 Å². The van der Waals surface area contributed by atoms with Crippen molar-refractivity contribution in [3.8, 4) is 0 Å². The molecule has 2 N–H and O–H groups in total. The molecule has 2 aromatic carbocycles. The summed E-state index contributed by atoms with van der Waals surface area (Å²) in [5, 5.41) is 5.78. The fourth-order valence-corrected chi connectivity index (χ4v) is 2.72. The molecule has 3 rings (SSSR count). The summed E-state index contributed by atoms with van der Waals surface area (Å²) in [5.41, 5.74) is 2.56. The van der Waals surface area contributed by atoms with Gasteiger partial charge in [0.1, 0.15) is 5.82 Å². The number of hydrogen-bond donors (Lipinski definition) is 2. The Bertz CT molecular complexity index is 801. The summed E-state index contributed by atoms with van der Waals surface area (Å²) in [7, 11) is 0. The largest absolute Gasteiger partial charge is 0.338 e. The summed E-state index contributed by atoms with van der Waals surface area (Å²) in [6, 6.07) is 21.0. The molecule has 0 bridgehead atoms. The monoisotopic (exact) mass is 349 g/mol. The van der Waals surface area contributed by atoms with Crippen LogP contribution in [0.15, 0.2) is 79.0 Å². The second-order valence-corrected chi connectivity index (χ2v) is 5.88. The van der Waals surface area contributed by atoms with Gasteiger partial charge >= 0.3 is 6.03 Å². The molecule has 3 aromatic rings. The molecule has 26 heavy (non-hydrogen) atoms. The van der Waals surface area contributed by atoms with Crippen molar-refractivity contribution in [2.75, 3.05) is 6.54 Å². The molecule has 0 radical (unpaired) electrons. The third-order valence-electron chi connectivity index (χ3n) is 3.98. The van der Waals surface area contributed by atoms with E-state index >= 15 is 0 Å². The Balaban J connectivity index is 1.62. The highest BCUT2D eigenvalue weighted by atomic mass is 19.1. The fourth-order valence-electron chi connectivity index (χ4n) is 2.72. The summed E-state index contributed by atoms with van der Waals surface area (Å²) in [6.07, 6.45) is 2.26. The SMILES string of the molecule is O=C(NCCc1cccc(F)c1)NC(c1ccccc1)c1ccccn1. The Labute approximate surface area is 152 Å². The highest BCUT2D eigenvalue weighted by Gasteiger charge is 2.17. The Morgan fingerprint density at radius 2 is 1.81 bits per heavy atom. The van der Waals surface area contributed by atoms with Crippen LogP contribution in [0.25, 0.3) is 0 Å². The number of halogens is 1. The fraction of sp³-hybridized carbons (Fsp3) is 0.143. The minimum Gasteiger partial charge on any atom is -0.338 e.